The zero-order valence-corrected chi connectivity index (χ0v) is 19.1. The fourth-order valence-corrected chi connectivity index (χ4v) is 3.38. The van der Waals surface area contributed by atoms with Crippen molar-refractivity contribution >= 4 is 16.1 Å². The molecule has 0 saturated heterocycles. The molecule has 2 aromatic carbocycles. The molecule has 2 aromatic rings. The van der Waals surface area contributed by atoms with E-state index in [-0.39, 0.29) is 24.5 Å². The van der Waals surface area contributed by atoms with Crippen LogP contribution in [-0.2, 0) is 30.0 Å². The van der Waals surface area contributed by atoms with Gasteiger partial charge < -0.3 is 14.2 Å². The zero-order valence-electron chi connectivity index (χ0n) is 18.3. The summed E-state index contributed by atoms with van der Waals surface area (Å²) in [5.41, 5.74) is -0.780. The molecule has 0 radical (unpaired) electrons. The number of benzene rings is 2. The number of hydrogen-bond acceptors (Lipinski definition) is 7. The molecular formula is C22H25F3O7S. The molecule has 0 spiro atoms. The van der Waals surface area contributed by atoms with Crippen molar-refractivity contribution in [2.75, 3.05) is 12.4 Å². The average molecular weight is 490 g/mol. The lowest BCUT2D eigenvalue weighted by Gasteiger charge is -2.24. The first-order chi connectivity index (χ1) is 15.4. The summed E-state index contributed by atoms with van der Waals surface area (Å²) in [5.74, 6) is 0.0215. The smallest absolute Gasteiger partial charge is 0.416 e. The molecule has 33 heavy (non-hydrogen) atoms. The Bertz CT molecular complexity index is 1000. The van der Waals surface area contributed by atoms with Gasteiger partial charge in [-0.15, -0.1) is 0 Å². The van der Waals surface area contributed by atoms with Gasteiger partial charge in [-0.3, -0.25) is 8.98 Å². The Morgan fingerprint density at radius 1 is 0.939 bits per heavy atom. The third kappa shape index (κ3) is 8.58. The molecule has 2 atom stereocenters. The Labute approximate surface area is 190 Å². The van der Waals surface area contributed by atoms with Gasteiger partial charge in [0.2, 0.25) is 0 Å². The van der Waals surface area contributed by atoms with E-state index in [1.54, 1.807) is 13.8 Å². The van der Waals surface area contributed by atoms with E-state index in [0.717, 1.165) is 12.1 Å². The molecule has 0 bridgehead atoms. The highest BCUT2D eigenvalue weighted by Crippen LogP contribution is 2.32. The summed E-state index contributed by atoms with van der Waals surface area (Å²) in [6.45, 7) is 4.74. The molecule has 0 aromatic heterocycles. The summed E-state index contributed by atoms with van der Waals surface area (Å²) >= 11 is 0. The van der Waals surface area contributed by atoms with E-state index in [2.05, 4.69) is 0 Å². The Kier molecular flexibility index (Phi) is 9.12. The summed E-state index contributed by atoms with van der Waals surface area (Å²) in [6.07, 6.45) is -6.67. The van der Waals surface area contributed by atoms with E-state index in [1.807, 2.05) is 0 Å². The monoisotopic (exact) mass is 490 g/mol. The molecule has 0 fully saturated rings. The maximum atomic E-state index is 12.6. The molecular weight excluding hydrogens is 465 g/mol. The molecule has 11 heteroatoms. The number of esters is 1. The van der Waals surface area contributed by atoms with Crippen molar-refractivity contribution in [3.8, 4) is 17.2 Å². The van der Waals surface area contributed by atoms with Crippen molar-refractivity contribution in [2.45, 2.75) is 45.6 Å². The van der Waals surface area contributed by atoms with Gasteiger partial charge in [0.05, 0.1) is 24.3 Å². The maximum absolute atomic E-state index is 12.6. The Morgan fingerprint density at radius 2 is 1.45 bits per heavy atom. The van der Waals surface area contributed by atoms with Crippen molar-refractivity contribution < 1.29 is 44.8 Å². The molecule has 0 aliphatic heterocycles. The van der Waals surface area contributed by atoms with E-state index in [0.29, 0.717) is 11.5 Å². The number of halogens is 3. The minimum Gasteiger partial charge on any atom is -0.488 e. The molecule has 0 aliphatic rings. The van der Waals surface area contributed by atoms with Crippen molar-refractivity contribution in [1.29, 1.82) is 0 Å². The largest absolute Gasteiger partial charge is 0.488 e. The Hall–Kier alpha value is -2.79. The minimum atomic E-state index is -4.43. The first-order valence-electron chi connectivity index (χ1n) is 10.1. The van der Waals surface area contributed by atoms with Gasteiger partial charge in [0, 0.05) is 0 Å². The van der Waals surface area contributed by atoms with E-state index in [1.165, 1.54) is 43.3 Å². The first kappa shape index (κ1) is 26.5. The molecule has 7 nitrogen and oxygen atoms in total. The topological polar surface area (TPSA) is 88.1 Å². The lowest BCUT2D eigenvalue weighted by Crippen LogP contribution is -2.36. The summed E-state index contributed by atoms with van der Waals surface area (Å²) in [4.78, 5) is 11.8. The van der Waals surface area contributed by atoms with Gasteiger partial charge in [0.25, 0.3) is 10.1 Å². The van der Waals surface area contributed by atoms with Gasteiger partial charge >= 0.3 is 12.1 Å². The van der Waals surface area contributed by atoms with Crippen LogP contribution in [0.2, 0.25) is 0 Å². The highest BCUT2D eigenvalue weighted by molar-refractivity contribution is 7.86. The van der Waals surface area contributed by atoms with Crippen LogP contribution in [0.1, 0.15) is 32.8 Å². The lowest BCUT2D eigenvalue weighted by atomic mass is 10.1. The first-order valence-corrected chi connectivity index (χ1v) is 11.7. The van der Waals surface area contributed by atoms with Gasteiger partial charge in [0.1, 0.15) is 29.5 Å². The molecule has 0 amide bonds. The number of carbonyl (C=O) groups is 1. The van der Waals surface area contributed by atoms with Crippen molar-refractivity contribution in [1.82, 2.24) is 0 Å². The van der Waals surface area contributed by atoms with Gasteiger partial charge in [-0.25, -0.2) is 0 Å². The molecule has 0 heterocycles. The van der Waals surface area contributed by atoms with Crippen LogP contribution in [0.15, 0.2) is 48.5 Å². The molecule has 182 valence electrons. The molecule has 2 unspecified atom stereocenters. The lowest BCUT2D eigenvalue weighted by molar-refractivity contribution is -0.146. The maximum Gasteiger partial charge on any atom is 0.416 e. The second kappa shape index (κ2) is 11.4. The quantitative estimate of drug-likeness (QED) is 0.325. The highest BCUT2D eigenvalue weighted by atomic mass is 32.2. The predicted octanol–water partition coefficient (Wildman–Crippen LogP) is 4.95. The summed E-state index contributed by atoms with van der Waals surface area (Å²) in [5, 5.41) is 0. The fraction of sp³-hybridized carbons (Fsp3) is 0.409. The van der Waals surface area contributed by atoms with Crippen LogP contribution in [0.25, 0.3) is 0 Å². The standard InChI is InChI=1S/C22H25F3O7S/c1-4-29-21(26)14-20(32-33(27,28)5-2)15(3)30-17-10-12-19(13-11-17)31-18-8-6-16(7-9-18)22(23,24)25/h6-13,15,20H,4-5,14H2,1-3H3. The van der Waals surface area contributed by atoms with Crippen LogP contribution >= 0.6 is 0 Å². The molecule has 0 saturated carbocycles. The Morgan fingerprint density at radius 3 is 1.94 bits per heavy atom. The summed E-state index contributed by atoms with van der Waals surface area (Å²) in [6, 6.07) is 10.4. The van der Waals surface area contributed by atoms with Crippen LogP contribution < -0.4 is 9.47 Å². The second-order valence-electron chi connectivity index (χ2n) is 6.91. The summed E-state index contributed by atoms with van der Waals surface area (Å²) in [7, 11) is -3.85. The van der Waals surface area contributed by atoms with E-state index in [4.69, 9.17) is 18.4 Å². The predicted molar refractivity (Wildman–Crippen MR) is 114 cm³/mol. The van der Waals surface area contributed by atoms with Crippen molar-refractivity contribution in [3.05, 3.63) is 54.1 Å². The van der Waals surface area contributed by atoms with Gasteiger partial charge in [-0.2, -0.15) is 21.6 Å². The van der Waals surface area contributed by atoms with Crippen LogP contribution in [0.5, 0.6) is 17.2 Å². The van der Waals surface area contributed by atoms with Gasteiger partial charge in [0.15, 0.2) is 0 Å². The third-order valence-corrected chi connectivity index (χ3v) is 5.63. The number of carbonyl (C=O) groups excluding carboxylic acids is 1. The highest BCUT2D eigenvalue weighted by Gasteiger charge is 2.30. The normalized spacial score (nSPS) is 13.8. The van der Waals surface area contributed by atoms with Crippen LogP contribution in [-0.4, -0.2) is 39.0 Å². The van der Waals surface area contributed by atoms with E-state index < -0.39 is 40.0 Å². The SMILES string of the molecule is CCOC(=O)CC(OS(=O)(=O)CC)C(C)Oc1ccc(Oc2ccc(C(F)(F)F)cc2)cc1. The van der Waals surface area contributed by atoms with Crippen LogP contribution in [0, 0.1) is 0 Å². The van der Waals surface area contributed by atoms with Crippen molar-refractivity contribution in [3.63, 3.8) is 0 Å². The van der Waals surface area contributed by atoms with Gasteiger partial charge in [-0.1, -0.05) is 0 Å². The Balaban J connectivity index is 2.05. The third-order valence-electron chi connectivity index (χ3n) is 4.38. The minimum absolute atomic E-state index is 0.141. The van der Waals surface area contributed by atoms with Crippen LogP contribution in [0.4, 0.5) is 13.2 Å². The average Bonchev–Trinajstić information content (AvgIpc) is 2.74. The van der Waals surface area contributed by atoms with Gasteiger partial charge in [-0.05, 0) is 69.3 Å². The zero-order chi connectivity index (χ0) is 24.6. The molecule has 0 N–H and O–H groups in total. The number of rotatable bonds is 11. The number of hydrogen-bond donors (Lipinski definition) is 0. The summed E-state index contributed by atoms with van der Waals surface area (Å²) < 4.78 is 83.0. The second-order valence-corrected chi connectivity index (χ2v) is 8.79. The van der Waals surface area contributed by atoms with Crippen molar-refractivity contribution in [2.24, 2.45) is 0 Å². The molecule has 0 aliphatic carbocycles. The molecule has 2 rings (SSSR count). The fourth-order valence-electron chi connectivity index (χ4n) is 2.64. The van der Waals surface area contributed by atoms with E-state index >= 15 is 0 Å². The number of alkyl halides is 3. The number of ether oxygens (including phenoxy) is 3. The van der Waals surface area contributed by atoms with Crippen LogP contribution in [0.3, 0.4) is 0 Å². The van der Waals surface area contributed by atoms with E-state index in [9.17, 15) is 26.4 Å².